The Morgan fingerprint density at radius 2 is 2.00 bits per heavy atom. The Balaban J connectivity index is 0.00000147. The summed E-state index contributed by atoms with van der Waals surface area (Å²) < 4.78 is 0. The average molecular weight is 295 g/mol. The summed E-state index contributed by atoms with van der Waals surface area (Å²) in [5.74, 6) is 0.115. The van der Waals surface area contributed by atoms with Crippen LogP contribution in [0.1, 0.15) is 49.8 Å². The van der Waals surface area contributed by atoms with E-state index in [1.54, 1.807) is 6.92 Å². The fraction of sp³-hybridized carbons (Fsp3) is 0.562. The van der Waals surface area contributed by atoms with E-state index < -0.39 is 6.04 Å². The smallest absolute Gasteiger partial charge is 0.239 e. The molecule has 0 aromatic heterocycles. The third kappa shape index (κ3) is 2.84. The molecule has 1 unspecified atom stereocenters. The van der Waals surface area contributed by atoms with Gasteiger partial charge in [-0.05, 0) is 50.2 Å². The van der Waals surface area contributed by atoms with Crippen LogP contribution in [0, 0.1) is 0 Å². The lowest BCUT2D eigenvalue weighted by Crippen LogP contribution is -2.46. The number of hydrogen-bond donors (Lipinski definition) is 1. The number of rotatable bonds is 3. The topological polar surface area (TPSA) is 46.3 Å². The van der Waals surface area contributed by atoms with Crippen LogP contribution in [0.15, 0.2) is 24.3 Å². The third-order valence-corrected chi connectivity index (χ3v) is 4.26. The van der Waals surface area contributed by atoms with Crippen LogP contribution < -0.4 is 5.73 Å². The maximum Gasteiger partial charge on any atom is 0.239 e. The molecule has 2 N–H and O–H groups in total. The van der Waals surface area contributed by atoms with Crippen LogP contribution in [-0.2, 0) is 11.2 Å². The van der Waals surface area contributed by atoms with Crippen LogP contribution in [0.2, 0.25) is 0 Å². The molecule has 3 rings (SSSR count). The first-order valence-corrected chi connectivity index (χ1v) is 7.34. The molecule has 0 radical (unpaired) electrons. The molecule has 0 aliphatic heterocycles. The fourth-order valence-corrected chi connectivity index (χ4v) is 3.19. The molecular formula is C16H23ClN2O. The minimum absolute atomic E-state index is 0. The zero-order valence-electron chi connectivity index (χ0n) is 11.9. The highest BCUT2D eigenvalue weighted by molar-refractivity contribution is 5.85. The minimum atomic E-state index is -0.394. The highest BCUT2D eigenvalue weighted by Gasteiger charge is 2.40. The summed E-state index contributed by atoms with van der Waals surface area (Å²) in [6.07, 6.45) is 5.65. The third-order valence-electron chi connectivity index (χ3n) is 4.26. The van der Waals surface area contributed by atoms with Gasteiger partial charge in [-0.25, -0.2) is 0 Å². The molecule has 1 amide bonds. The largest absolute Gasteiger partial charge is 0.331 e. The van der Waals surface area contributed by atoms with Gasteiger partial charge in [0.1, 0.15) is 0 Å². The molecule has 1 fully saturated rings. The molecule has 4 heteroatoms. The Kier molecular flexibility index (Phi) is 4.71. The van der Waals surface area contributed by atoms with E-state index in [0.29, 0.717) is 6.04 Å². The molecule has 0 spiro atoms. The average Bonchev–Trinajstić information content (AvgIpc) is 3.24. The number of halogens is 1. The number of benzene rings is 1. The van der Waals surface area contributed by atoms with E-state index in [4.69, 9.17) is 5.73 Å². The first-order chi connectivity index (χ1) is 9.18. The van der Waals surface area contributed by atoms with Crippen molar-refractivity contribution in [1.82, 2.24) is 4.90 Å². The van der Waals surface area contributed by atoms with E-state index in [-0.39, 0.29) is 24.4 Å². The van der Waals surface area contributed by atoms with Crippen molar-refractivity contribution >= 4 is 18.3 Å². The standard InChI is InChI=1S/C16H22N2O.ClH/c1-11(17)16(19)18(13-9-10-13)15-8-4-6-12-5-2-3-7-14(12)15;/h2-3,5,7,11,13,15H,4,6,8-10,17H2,1H3;1H/t11-,15?;/m0./s1. The van der Waals surface area contributed by atoms with Gasteiger partial charge < -0.3 is 10.6 Å². The number of fused-ring (bicyclic) bond motifs is 1. The van der Waals surface area contributed by atoms with Crippen molar-refractivity contribution in [2.24, 2.45) is 5.73 Å². The van der Waals surface area contributed by atoms with Crippen LogP contribution in [0.3, 0.4) is 0 Å². The Morgan fingerprint density at radius 1 is 1.30 bits per heavy atom. The molecule has 0 saturated heterocycles. The van der Waals surface area contributed by atoms with E-state index in [1.807, 2.05) is 0 Å². The molecule has 1 aromatic carbocycles. The quantitative estimate of drug-likeness (QED) is 0.932. The molecule has 110 valence electrons. The predicted molar refractivity (Wildman–Crippen MR) is 82.9 cm³/mol. The second-order valence-corrected chi connectivity index (χ2v) is 5.87. The molecule has 3 nitrogen and oxygen atoms in total. The van der Waals surface area contributed by atoms with Crippen molar-refractivity contribution in [2.75, 3.05) is 0 Å². The molecule has 2 aliphatic rings. The van der Waals surface area contributed by atoms with Crippen molar-refractivity contribution in [3.63, 3.8) is 0 Å². The summed E-state index contributed by atoms with van der Waals surface area (Å²) in [5.41, 5.74) is 8.58. The van der Waals surface area contributed by atoms with Crippen molar-refractivity contribution < 1.29 is 4.79 Å². The van der Waals surface area contributed by atoms with E-state index in [2.05, 4.69) is 29.2 Å². The van der Waals surface area contributed by atoms with Crippen LogP contribution >= 0.6 is 12.4 Å². The summed E-state index contributed by atoms with van der Waals surface area (Å²) >= 11 is 0. The zero-order valence-corrected chi connectivity index (χ0v) is 12.7. The van der Waals surface area contributed by atoms with Crippen molar-refractivity contribution in [3.8, 4) is 0 Å². The maximum absolute atomic E-state index is 12.4. The second-order valence-electron chi connectivity index (χ2n) is 5.87. The van der Waals surface area contributed by atoms with E-state index in [1.165, 1.54) is 11.1 Å². The summed E-state index contributed by atoms with van der Waals surface area (Å²) in [6, 6.07) is 8.83. The van der Waals surface area contributed by atoms with Crippen LogP contribution in [-0.4, -0.2) is 22.9 Å². The van der Waals surface area contributed by atoms with Gasteiger partial charge in [-0.15, -0.1) is 12.4 Å². The molecule has 1 aromatic rings. The monoisotopic (exact) mass is 294 g/mol. The minimum Gasteiger partial charge on any atom is -0.331 e. The maximum atomic E-state index is 12.4. The lowest BCUT2D eigenvalue weighted by Gasteiger charge is -2.37. The highest BCUT2D eigenvalue weighted by Crippen LogP contribution is 2.40. The van der Waals surface area contributed by atoms with Gasteiger partial charge in [-0.3, -0.25) is 4.79 Å². The summed E-state index contributed by atoms with van der Waals surface area (Å²) in [7, 11) is 0. The van der Waals surface area contributed by atoms with Crippen LogP contribution in [0.25, 0.3) is 0 Å². The van der Waals surface area contributed by atoms with Crippen LogP contribution in [0.4, 0.5) is 0 Å². The van der Waals surface area contributed by atoms with Crippen LogP contribution in [0.5, 0.6) is 0 Å². The van der Waals surface area contributed by atoms with E-state index in [9.17, 15) is 4.79 Å². The first kappa shape index (κ1) is 15.3. The van der Waals surface area contributed by atoms with Gasteiger partial charge in [-0.1, -0.05) is 24.3 Å². The van der Waals surface area contributed by atoms with Gasteiger partial charge in [0.2, 0.25) is 5.91 Å². The zero-order chi connectivity index (χ0) is 13.4. The van der Waals surface area contributed by atoms with Gasteiger partial charge in [0, 0.05) is 6.04 Å². The van der Waals surface area contributed by atoms with Crippen molar-refractivity contribution in [3.05, 3.63) is 35.4 Å². The summed E-state index contributed by atoms with van der Waals surface area (Å²) in [4.78, 5) is 14.5. The highest BCUT2D eigenvalue weighted by atomic mass is 35.5. The molecule has 0 heterocycles. The fourth-order valence-electron chi connectivity index (χ4n) is 3.19. The molecule has 2 atom stereocenters. The number of hydrogen-bond acceptors (Lipinski definition) is 2. The number of carbonyl (C=O) groups excluding carboxylic acids is 1. The van der Waals surface area contributed by atoms with Gasteiger partial charge in [-0.2, -0.15) is 0 Å². The number of carbonyl (C=O) groups is 1. The van der Waals surface area contributed by atoms with Crippen molar-refractivity contribution in [1.29, 1.82) is 0 Å². The number of nitrogens with two attached hydrogens (primary N) is 1. The Hall–Kier alpha value is -1.06. The van der Waals surface area contributed by atoms with Gasteiger partial charge in [0.05, 0.1) is 12.1 Å². The van der Waals surface area contributed by atoms with Gasteiger partial charge >= 0.3 is 0 Å². The second kappa shape index (κ2) is 6.15. The van der Waals surface area contributed by atoms with E-state index >= 15 is 0 Å². The molecule has 2 aliphatic carbocycles. The van der Waals surface area contributed by atoms with Gasteiger partial charge in [0.15, 0.2) is 0 Å². The molecular weight excluding hydrogens is 272 g/mol. The molecule has 1 saturated carbocycles. The normalized spacial score (nSPS) is 22.4. The Labute approximate surface area is 126 Å². The number of amides is 1. The summed E-state index contributed by atoms with van der Waals surface area (Å²) in [6.45, 7) is 1.80. The van der Waals surface area contributed by atoms with E-state index in [0.717, 1.165) is 32.1 Å². The Bertz CT molecular complexity index is 485. The molecule has 0 bridgehead atoms. The summed E-state index contributed by atoms with van der Waals surface area (Å²) in [5, 5.41) is 0. The predicted octanol–water partition coefficient (Wildman–Crippen LogP) is 2.82. The lowest BCUT2D eigenvalue weighted by molar-refractivity contribution is -0.135. The Morgan fingerprint density at radius 3 is 2.65 bits per heavy atom. The first-order valence-electron chi connectivity index (χ1n) is 7.34. The van der Waals surface area contributed by atoms with Gasteiger partial charge in [0.25, 0.3) is 0 Å². The lowest BCUT2D eigenvalue weighted by atomic mass is 9.86. The van der Waals surface area contributed by atoms with Crippen molar-refractivity contribution in [2.45, 2.75) is 57.2 Å². The SMILES string of the molecule is C[C@H](N)C(=O)N(C1CC1)C1CCCc2ccccc21.Cl. The number of nitrogens with zero attached hydrogens (tertiary/aromatic N) is 1. The number of aryl methyl sites for hydroxylation is 1. The molecule has 20 heavy (non-hydrogen) atoms.